The van der Waals surface area contributed by atoms with Gasteiger partial charge < -0.3 is 11.1 Å². The van der Waals surface area contributed by atoms with E-state index in [-0.39, 0.29) is 17.2 Å². The fraction of sp³-hybridized carbons (Fsp3) is 0.154. The number of nitrogen functional groups attached to an aromatic ring is 1. The number of benzene rings is 1. The van der Waals surface area contributed by atoms with Crippen molar-refractivity contribution in [3.05, 3.63) is 51.4 Å². The minimum absolute atomic E-state index is 0.147. The van der Waals surface area contributed by atoms with E-state index in [0.717, 1.165) is 11.1 Å². The second-order valence-corrected chi connectivity index (χ2v) is 4.28. The van der Waals surface area contributed by atoms with Crippen molar-refractivity contribution in [2.24, 2.45) is 0 Å². The zero-order valence-electron chi connectivity index (χ0n) is 10.7. The van der Waals surface area contributed by atoms with E-state index < -0.39 is 0 Å². The van der Waals surface area contributed by atoms with E-state index >= 15 is 0 Å². The second kappa shape index (κ2) is 4.93. The summed E-state index contributed by atoms with van der Waals surface area (Å²) in [6.07, 6.45) is 0. The first kappa shape index (κ1) is 12.8. The summed E-state index contributed by atoms with van der Waals surface area (Å²) in [6, 6.07) is 6.22. The maximum absolute atomic E-state index is 11.9. The Morgan fingerprint density at radius 1 is 1.26 bits per heavy atom. The minimum Gasteiger partial charge on any atom is -0.399 e. The molecule has 1 aromatic heterocycles. The molecule has 1 amide bonds. The number of nitrogens with two attached hydrogens (primary N) is 1. The van der Waals surface area contributed by atoms with Gasteiger partial charge in [0.2, 0.25) is 0 Å². The molecule has 4 N–H and O–H groups in total. The number of amides is 1. The number of anilines is 2. The molecular weight excluding hydrogens is 244 g/mol. The largest absolute Gasteiger partial charge is 0.399 e. The highest BCUT2D eigenvalue weighted by Crippen LogP contribution is 2.22. The highest BCUT2D eigenvalue weighted by molar-refractivity contribution is 6.03. The van der Waals surface area contributed by atoms with Crippen LogP contribution in [-0.4, -0.2) is 16.1 Å². The smallest absolute Gasteiger partial charge is 0.276 e. The molecule has 0 fully saturated rings. The second-order valence-electron chi connectivity index (χ2n) is 4.28. The van der Waals surface area contributed by atoms with Crippen LogP contribution in [0.1, 0.15) is 21.6 Å². The maximum Gasteiger partial charge on any atom is 0.276 e. The van der Waals surface area contributed by atoms with Crippen molar-refractivity contribution in [3.8, 4) is 0 Å². The molecule has 0 spiro atoms. The van der Waals surface area contributed by atoms with Gasteiger partial charge in [-0.2, -0.15) is 5.10 Å². The van der Waals surface area contributed by atoms with Gasteiger partial charge in [0, 0.05) is 17.4 Å². The number of aromatic amines is 1. The highest BCUT2D eigenvalue weighted by Gasteiger charge is 2.10. The predicted octanol–water partition coefficient (Wildman–Crippen LogP) is 1.22. The summed E-state index contributed by atoms with van der Waals surface area (Å²) in [4.78, 5) is 22.8. The number of hydrogen-bond acceptors (Lipinski definition) is 4. The van der Waals surface area contributed by atoms with E-state index in [0.29, 0.717) is 11.4 Å². The third-order valence-corrected chi connectivity index (χ3v) is 2.77. The van der Waals surface area contributed by atoms with Crippen LogP contribution in [0.4, 0.5) is 11.4 Å². The molecule has 0 aliphatic carbocycles. The van der Waals surface area contributed by atoms with Gasteiger partial charge in [0.05, 0.1) is 0 Å². The van der Waals surface area contributed by atoms with Crippen LogP contribution < -0.4 is 16.6 Å². The van der Waals surface area contributed by atoms with E-state index in [4.69, 9.17) is 5.73 Å². The number of hydrogen-bond donors (Lipinski definition) is 3. The monoisotopic (exact) mass is 258 g/mol. The predicted molar refractivity (Wildman–Crippen MR) is 73.1 cm³/mol. The van der Waals surface area contributed by atoms with Crippen molar-refractivity contribution >= 4 is 17.3 Å². The van der Waals surface area contributed by atoms with E-state index in [1.807, 2.05) is 13.8 Å². The fourth-order valence-electron chi connectivity index (χ4n) is 1.63. The average Bonchev–Trinajstić information content (AvgIpc) is 2.36. The molecule has 98 valence electrons. The molecule has 0 atom stereocenters. The lowest BCUT2D eigenvalue weighted by Gasteiger charge is -2.10. The fourth-order valence-corrected chi connectivity index (χ4v) is 1.63. The van der Waals surface area contributed by atoms with Gasteiger partial charge in [-0.1, -0.05) is 0 Å². The standard InChI is InChI=1S/C13H14N4O2/c1-7-6-11(8(2)5-9(7)14)15-13(19)10-3-4-12(18)17-16-10/h3-6H,14H2,1-2H3,(H,15,19)(H,17,18). The van der Waals surface area contributed by atoms with E-state index in [1.165, 1.54) is 12.1 Å². The lowest BCUT2D eigenvalue weighted by atomic mass is 10.1. The third-order valence-electron chi connectivity index (χ3n) is 2.77. The minimum atomic E-state index is -0.386. The molecule has 0 radical (unpaired) electrons. The van der Waals surface area contributed by atoms with Crippen molar-refractivity contribution < 1.29 is 4.79 Å². The van der Waals surface area contributed by atoms with Crippen LogP contribution in [0.2, 0.25) is 0 Å². The van der Waals surface area contributed by atoms with Crippen LogP contribution in [0.3, 0.4) is 0 Å². The Labute approximate surface area is 109 Å². The summed E-state index contributed by atoms with van der Waals surface area (Å²) in [7, 11) is 0. The lowest BCUT2D eigenvalue weighted by Crippen LogP contribution is -2.18. The molecule has 2 aromatic rings. The van der Waals surface area contributed by atoms with Gasteiger partial charge in [-0.15, -0.1) is 0 Å². The summed E-state index contributed by atoms with van der Waals surface area (Å²) >= 11 is 0. The highest BCUT2D eigenvalue weighted by atomic mass is 16.2. The van der Waals surface area contributed by atoms with Gasteiger partial charge >= 0.3 is 0 Å². The van der Waals surface area contributed by atoms with Crippen LogP contribution in [0.15, 0.2) is 29.1 Å². The summed E-state index contributed by atoms with van der Waals surface area (Å²) < 4.78 is 0. The average molecular weight is 258 g/mol. The molecular formula is C13H14N4O2. The molecule has 2 rings (SSSR count). The van der Waals surface area contributed by atoms with Crippen molar-refractivity contribution in [3.63, 3.8) is 0 Å². The van der Waals surface area contributed by atoms with Crippen molar-refractivity contribution in [2.45, 2.75) is 13.8 Å². The molecule has 0 aliphatic rings. The molecule has 1 heterocycles. The molecule has 6 nitrogen and oxygen atoms in total. The zero-order valence-corrected chi connectivity index (χ0v) is 10.7. The number of carbonyl (C=O) groups is 1. The number of rotatable bonds is 2. The first-order chi connectivity index (χ1) is 8.97. The van der Waals surface area contributed by atoms with Gasteiger partial charge in [-0.3, -0.25) is 9.59 Å². The van der Waals surface area contributed by atoms with E-state index in [2.05, 4.69) is 15.5 Å². The Morgan fingerprint density at radius 3 is 2.63 bits per heavy atom. The molecule has 1 aromatic carbocycles. The summed E-state index contributed by atoms with van der Waals surface area (Å²) in [5.74, 6) is -0.386. The molecule has 0 saturated heterocycles. The molecule has 0 unspecified atom stereocenters. The zero-order chi connectivity index (χ0) is 14.0. The number of aryl methyl sites for hydroxylation is 2. The molecule has 0 saturated carbocycles. The summed E-state index contributed by atoms with van der Waals surface area (Å²) in [5.41, 5.74) is 8.68. The van der Waals surface area contributed by atoms with Gasteiger partial charge in [-0.05, 0) is 43.2 Å². The summed E-state index contributed by atoms with van der Waals surface area (Å²) in [5, 5.41) is 8.62. The normalized spacial score (nSPS) is 10.2. The van der Waals surface area contributed by atoms with Crippen LogP contribution in [0.5, 0.6) is 0 Å². The Bertz CT molecular complexity index is 671. The van der Waals surface area contributed by atoms with Crippen molar-refractivity contribution in [1.29, 1.82) is 0 Å². The number of nitrogens with zero attached hydrogens (tertiary/aromatic N) is 1. The molecule has 0 aliphatic heterocycles. The first-order valence-corrected chi connectivity index (χ1v) is 5.71. The quantitative estimate of drug-likeness (QED) is 0.705. The number of nitrogens with one attached hydrogen (secondary N) is 2. The number of carbonyl (C=O) groups excluding carboxylic acids is 1. The number of H-pyrrole nitrogens is 1. The molecule has 6 heteroatoms. The topological polar surface area (TPSA) is 101 Å². The lowest BCUT2D eigenvalue weighted by molar-refractivity contribution is 0.102. The third kappa shape index (κ3) is 2.79. The van der Waals surface area contributed by atoms with Crippen molar-refractivity contribution in [2.75, 3.05) is 11.1 Å². The van der Waals surface area contributed by atoms with Gasteiger partial charge in [0.1, 0.15) is 5.69 Å². The molecule has 0 bridgehead atoms. The summed E-state index contributed by atoms with van der Waals surface area (Å²) in [6.45, 7) is 3.72. The Morgan fingerprint density at radius 2 is 2.00 bits per heavy atom. The van der Waals surface area contributed by atoms with Gasteiger partial charge in [0.15, 0.2) is 0 Å². The SMILES string of the molecule is Cc1cc(NC(=O)c2ccc(=O)[nH]n2)c(C)cc1N. The first-order valence-electron chi connectivity index (χ1n) is 5.71. The molecule has 19 heavy (non-hydrogen) atoms. The van der Waals surface area contributed by atoms with Crippen LogP contribution in [-0.2, 0) is 0 Å². The van der Waals surface area contributed by atoms with Crippen LogP contribution in [0.25, 0.3) is 0 Å². The van der Waals surface area contributed by atoms with Gasteiger partial charge in [0.25, 0.3) is 11.5 Å². The van der Waals surface area contributed by atoms with Crippen LogP contribution in [0, 0.1) is 13.8 Å². The Balaban J connectivity index is 2.26. The van der Waals surface area contributed by atoms with E-state index in [1.54, 1.807) is 12.1 Å². The van der Waals surface area contributed by atoms with Gasteiger partial charge in [-0.25, -0.2) is 5.10 Å². The maximum atomic E-state index is 11.9. The Hall–Kier alpha value is -2.63. The van der Waals surface area contributed by atoms with Crippen LogP contribution >= 0.6 is 0 Å². The Kier molecular flexibility index (Phi) is 3.33. The number of aromatic nitrogens is 2. The van der Waals surface area contributed by atoms with Crippen molar-refractivity contribution in [1.82, 2.24) is 10.2 Å². The van der Waals surface area contributed by atoms with E-state index in [9.17, 15) is 9.59 Å².